The van der Waals surface area contributed by atoms with Crippen molar-refractivity contribution in [3.8, 4) is 0 Å². The van der Waals surface area contributed by atoms with E-state index in [2.05, 4.69) is 17.1 Å². The lowest BCUT2D eigenvalue weighted by Crippen LogP contribution is -2.35. The minimum Gasteiger partial charge on any atom is -0.345 e. The molecule has 0 aliphatic carbocycles. The smallest absolute Gasteiger partial charge is 0.227 e. The van der Waals surface area contributed by atoms with Crippen LogP contribution in [0.4, 0.5) is 0 Å². The highest BCUT2D eigenvalue weighted by molar-refractivity contribution is 7.99. The summed E-state index contributed by atoms with van der Waals surface area (Å²) in [5.41, 5.74) is 1.04. The quantitative estimate of drug-likeness (QED) is 0.704. The summed E-state index contributed by atoms with van der Waals surface area (Å²) in [6.07, 6.45) is 3.74. The van der Waals surface area contributed by atoms with Crippen LogP contribution >= 0.6 is 11.8 Å². The van der Waals surface area contributed by atoms with E-state index in [1.165, 1.54) is 4.90 Å². The average molecular weight is 369 g/mol. The zero-order valence-electron chi connectivity index (χ0n) is 14.9. The Morgan fingerprint density at radius 3 is 2.69 bits per heavy atom. The molecule has 3 rings (SSSR count). The Hall–Kier alpha value is -2.34. The maximum atomic E-state index is 12.7. The molecule has 26 heavy (non-hydrogen) atoms. The number of carbonyl (C=O) groups is 2. The van der Waals surface area contributed by atoms with E-state index in [-0.39, 0.29) is 17.7 Å². The molecule has 1 aliphatic heterocycles. The van der Waals surface area contributed by atoms with E-state index >= 15 is 0 Å². The number of hydrogen-bond acceptors (Lipinski definition) is 4. The van der Waals surface area contributed by atoms with Crippen molar-refractivity contribution in [1.29, 1.82) is 0 Å². The number of hydrogen-bond donors (Lipinski definition) is 0. The lowest BCUT2D eigenvalue weighted by molar-refractivity contribution is -0.134. The van der Waals surface area contributed by atoms with Gasteiger partial charge in [0.25, 0.3) is 0 Å². The Balaban J connectivity index is 1.47. The third-order valence-electron chi connectivity index (χ3n) is 4.50. The minimum atomic E-state index is -0.240. The van der Waals surface area contributed by atoms with Crippen LogP contribution in [-0.4, -0.2) is 52.5 Å². The highest BCUT2D eigenvalue weighted by Crippen LogP contribution is 2.22. The summed E-state index contributed by atoms with van der Waals surface area (Å²) in [6.45, 7) is 1.71. The Kier molecular flexibility index (Phi) is 6.28. The normalized spacial score (nSPS) is 16.7. The van der Waals surface area contributed by atoms with Gasteiger partial charge in [0.1, 0.15) is 0 Å². The molecule has 1 atom stereocenters. The van der Waals surface area contributed by atoms with E-state index in [9.17, 15) is 9.59 Å². The lowest BCUT2D eigenvalue weighted by Gasteiger charge is -2.21. The van der Waals surface area contributed by atoms with Crippen molar-refractivity contribution in [2.45, 2.75) is 17.9 Å². The number of nitrogens with zero attached hydrogens (tertiary/aromatic N) is 3. The maximum Gasteiger partial charge on any atom is 0.227 e. The van der Waals surface area contributed by atoms with Crippen LogP contribution in [-0.2, 0) is 16.1 Å². The maximum absolute atomic E-state index is 12.7. The Morgan fingerprint density at radius 2 is 1.96 bits per heavy atom. The van der Waals surface area contributed by atoms with Crippen LogP contribution in [0.15, 0.2) is 59.8 Å². The topological polar surface area (TPSA) is 53.5 Å². The van der Waals surface area contributed by atoms with E-state index in [4.69, 9.17) is 0 Å². The molecule has 0 bridgehead atoms. The van der Waals surface area contributed by atoms with Crippen LogP contribution in [0.3, 0.4) is 0 Å². The second-order valence-corrected chi connectivity index (χ2v) is 7.62. The highest BCUT2D eigenvalue weighted by atomic mass is 32.2. The van der Waals surface area contributed by atoms with Crippen LogP contribution in [0.25, 0.3) is 0 Å². The van der Waals surface area contributed by atoms with Crippen molar-refractivity contribution in [1.82, 2.24) is 14.8 Å². The zero-order valence-corrected chi connectivity index (χ0v) is 15.7. The Labute approximate surface area is 158 Å². The molecule has 2 aromatic rings. The van der Waals surface area contributed by atoms with Crippen molar-refractivity contribution in [2.75, 3.05) is 25.9 Å². The SMILES string of the molecule is CN(CCSc1ccccc1)C(=O)[C@@H]1CC(=O)N(Cc2ccncc2)C1. The van der Waals surface area contributed by atoms with Crippen LogP contribution in [0.5, 0.6) is 0 Å². The fraction of sp³-hybridized carbons (Fsp3) is 0.350. The van der Waals surface area contributed by atoms with E-state index < -0.39 is 0 Å². The summed E-state index contributed by atoms with van der Waals surface area (Å²) < 4.78 is 0. The molecule has 2 heterocycles. The summed E-state index contributed by atoms with van der Waals surface area (Å²) in [4.78, 5) is 33.6. The predicted molar refractivity (Wildman–Crippen MR) is 103 cm³/mol. The molecule has 2 amide bonds. The van der Waals surface area contributed by atoms with Crippen LogP contribution in [0, 0.1) is 5.92 Å². The largest absolute Gasteiger partial charge is 0.345 e. The molecule has 0 radical (unpaired) electrons. The molecule has 1 fully saturated rings. The number of benzene rings is 1. The van der Waals surface area contributed by atoms with Crippen molar-refractivity contribution < 1.29 is 9.59 Å². The molecule has 136 valence electrons. The number of pyridine rings is 1. The number of aromatic nitrogens is 1. The van der Waals surface area contributed by atoms with E-state index in [1.54, 1.807) is 34.0 Å². The fourth-order valence-corrected chi connectivity index (χ4v) is 3.99. The highest BCUT2D eigenvalue weighted by Gasteiger charge is 2.35. The van der Waals surface area contributed by atoms with Gasteiger partial charge in [-0.2, -0.15) is 0 Å². The first kappa shape index (κ1) is 18.5. The molecule has 0 N–H and O–H groups in total. The molecule has 1 saturated heterocycles. The lowest BCUT2D eigenvalue weighted by atomic mass is 10.1. The third kappa shape index (κ3) is 4.85. The molecule has 1 aromatic carbocycles. The van der Waals surface area contributed by atoms with Gasteiger partial charge in [-0.05, 0) is 29.8 Å². The first-order valence-corrected chi connectivity index (χ1v) is 9.71. The summed E-state index contributed by atoms with van der Waals surface area (Å²) in [6, 6.07) is 14.0. The van der Waals surface area contributed by atoms with Gasteiger partial charge in [0.15, 0.2) is 0 Å². The van der Waals surface area contributed by atoms with Crippen molar-refractivity contribution >= 4 is 23.6 Å². The van der Waals surface area contributed by atoms with Crippen molar-refractivity contribution in [3.63, 3.8) is 0 Å². The van der Waals surface area contributed by atoms with Crippen molar-refractivity contribution in [3.05, 3.63) is 60.4 Å². The van der Waals surface area contributed by atoms with Gasteiger partial charge in [0.2, 0.25) is 11.8 Å². The molecule has 5 nitrogen and oxygen atoms in total. The second-order valence-electron chi connectivity index (χ2n) is 6.45. The molecule has 1 aromatic heterocycles. The molecular weight excluding hydrogens is 346 g/mol. The molecule has 6 heteroatoms. The van der Waals surface area contributed by atoms with Crippen molar-refractivity contribution in [2.24, 2.45) is 5.92 Å². The number of likely N-dealkylation sites (tertiary alicyclic amines) is 1. The van der Waals surface area contributed by atoms with E-state index in [0.717, 1.165) is 11.3 Å². The van der Waals surface area contributed by atoms with Gasteiger partial charge in [0, 0.05) is 56.1 Å². The van der Waals surface area contributed by atoms with Crippen LogP contribution in [0.1, 0.15) is 12.0 Å². The first-order valence-electron chi connectivity index (χ1n) is 8.73. The number of carbonyl (C=O) groups excluding carboxylic acids is 2. The summed E-state index contributed by atoms with van der Waals surface area (Å²) >= 11 is 1.73. The molecule has 0 spiro atoms. The fourth-order valence-electron chi connectivity index (χ4n) is 3.04. The minimum absolute atomic E-state index is 0.0484. The molecule has 0 unspecified atom stereocenters. The number of amides is 2. The van der Waals surface area contributed by atoms with Gasteiger partial charge < -0.3 is 9.80 Å². The summed E-state index contributed by atoms with van der Waals surface area (Å²) in [5.74, 6) is 0.709. The van der Waals surface area contributed by atoms with Gasteiger partial charge in [-0.25, -0.2) is 0 Å². The predicted octanol–water partition coefficient (Wildman–Crippen LogP) is 2.68. The average Bonchev–Trinajstić information content (AvgIpc) is 3.03. The van der Waals surface area contributed by atoms with Gasteiger partial charge in [-0.15, -0.1) is 11.8 Å². The standard InChI is InChI=1S/C20H23N3O2S/c1-22(11-12-26-18-5-3-2-4-6-18)20(25)17-13-19(24)23(15-17)14-16-7-9-21-10-8-16/h2-10,17H,11-15H2,1H3/t17-/m1/s1. The van der Waals surface area contributed by atoms with Gasteiger partial charge in [0.05, 0.1) is 5.92 Å². The summed E-state index contributed by atoms with van der Waals surface area (Å²) in [7, 11) is 1.82. The molecular formula is C20H23N3O2S. The second kappa shape index (κ2) is 8.85. The van der Waals surface area contributed by atoms with E-state index in [1.807, 2.05) is 37.4 Å². The number of thioether (sulfide) groups is 1. The Morgan fingerprint density at radius 1 is 1.23 bits per heavy atom. The first-order chi connectivity index (χ1) is 12.6. The monoisotopic (exact) mass is 369 g/mol. The van der Waals surface area contributed by atoms with Gasteiger partial charge in [-0.1, -0.05) is 18.2 Å². The van der Waals surface area contributed by atoms with E-state index in [0.29, 0.717) is 26.1 Å². The van der Waals surface area contributed by atoms with Crippen LogP contribution < -0.4 is 0 Å². The zero-order chi connectivity index (χ0) is 18.4. The Bertz CT molecular complexity index is 739. The molecule has 1 aliphatic rings. The van der Waals surface area contributed by atoms with Gasteiger partial charge in [-0.3, -0.25) is 14.6 Å². The third-order valence-corrected chi connectivity index (χ3v) is 5.49. The molecule has 0 saturated carbocycles. The summed E-state index contributed by atoms with van der Waals surface area (Å²) in [5, 5.41) is 0. The van der Waals surface area contributed by atoms with Gasteiger partial charge >= 0.3 is 0 Å². The number of rotatable bonds is 7. The van der Waals surface area contributed by atoms with Crippen LogP contribution in [0.2, 0.25) is 0 Å².